The van der Waals surface area contributed by atoms with Gasteiger partial charge >= 0.3 is 0 Å². The van der Waals surface area contributed by atoms with E-state index in [1.165, 1.54) is 5.56 Å². The lowest BCUT2D eigenvalue weighted by Gasteiger charge is -2.12. The molecular weight excluding hydrogens is 264 g/mol. The maximum atomic E-state index is 12.0. The van der Waals surface area contributed by atoms with Crippen molar-refractivity contribution < 1.29 is 9.53 Å². The number of rotatable bonds is 5. The van der Waals surface area contributed by atoms with Crippen LogP contribution in [0.1, 0.15) is 11.1 Å². The van der Waals surface area contributed by atoms with Crippen LogP contribution in [-0.4, -0.2) is 19.6 Å². The number of nitrogens with one attached hydrogen (secondary N) is 2. The number of anilines is 2. The minimum atomic E-state index is -0.112. The number of para-hydroxylation sites is 2. The minimum absolute atomic E-state index is 0.112. The van der Waals surface area contributed by atoms with Crippen LogP contribution in [0.5, 0.6) is 5.75 Å². The largest absolute Gasteiger partial charge is 0.495 e. The highest BCUT2D eigenvalue weighted by Gasteiger charge is 2.07. The van der Waals surface area contributed by atoms with Crippen LogP contribution in [0, 0.1) is 13.8 Å². The van der Waals surface area contributed by atoms with Crippen molar-refractivity contribution in [1.82, 2.24) is 0 Å². The predicted octanol–water partition coefficient (Wildman–Crippen LogP) is 3.36. The molecule has 4 heteroatoms. The highest BCUT2D eigenvalue weighted by Crippen LogP contribution is 2.23. The minimum Gasteiger partial charge on any atom is -0.495 e. The van der Waals surface area contributed by atoms with E-state index in [9.17, 15) is 4.79 Å². The van der Waals surface area contributed by atoms with E-state index in [1.54, 1.807) is 7.11 Å². The summed E-state index contributed by atoms with van der Waals surface area (Å²) in [5.41, 5.74) is 3.97. The molecule has 0 spiro atoms. The number of carbonyl (C=O) groups excluding carboxylic acids is 1. The Hall–Kier alpha value is -2.49. The molecule has 2 rings (SSSR count). The molecule has 2 aromatic carbocycles. The standard InChI is InChI=1S/C17H20N2O2/c1-12-8-9-14(13(2)10-12)18-11-17(20)19-15-6-4-5-7-16(15)21-3/h4-10,18H,11H2,1-3H3,(H,19,20). The SMILES string of the molecule is COc1ccccc1NC(=O)CNc1ccc(C)cc1C. The van der Waals surface area contributed by atoms with Crippen molar-refractivity contribution in [2.75, 3.05) is 24.3 Å². The van der Waals surface area contributed by atoms with E-state index in [1.807, 2.05) is 50.2 Å². The van der Waals surface area contributed by atoms with Gasteiger partial charge in [-0.15, -0.1) is 0 Å². The molecule has 0 fully saturated rings. The number of benzene rings is 2. The normalized spacial score (nSPS) is 10.0. The van der Waals surface area contributed by atoms with Crippen molar-refractivity contribution in [3.63, 3.8) is 0 Å². The maximum absolute atomic E-state index is 12.0. The van der Waals surface area contributed by atoms with Gasteiger partial charge < -0.3 is 15.4 Å². The number of ether oxygens (including phenoxy) is 1. The average molecular weight is 284 g/mol. The molecule has 21 heavy (non-hydrogen) atoms. The fourth-order valence-electron chi connectivity index (χ4n) is 2.13. The van der Waals surface area contributed by atoms with Gasteiger partial charge in [-0.25, -0.2) is 0 Å². The third-order valence-corrected chi connectivity index (χ3v) is 3.20. The number of aryl methyl sites for hydroxylation is 2. The summed E-state index contributed by atoms with van der Waals surface area (Å²) < 4.78 is 5.21. The second-order valence-electron chi connectivity index (χ2n) is 4.92. The Morgan fingerprint density at radius 3 is 2.57 bits per heavy atom. The summed E-state index contributed by atoms with van der Waals surface area (Å²) in [4.78, 5) is 12.0. The molecule has 0 radical (unpaired) electrons. The molecule has 0 unspecified atom stereocenters. The molecule has 0 saturated heterocycles. The van der Waals surface area contributed by atoms with Crippen molar-refractivity contribution in [1.29, 1.82) is 0 Å². The van der Waals surface area contributed by atoms with Crippen LogP contribution in [0.15, 0.2) is 42.5 Å². The first-order valence-corrected chi connectivity index (χ1v) is 6.84. The summed E-state index contributed by atoms with van der Waals surface area (Å²) in [5.74, 6) is 0.539. The topological polar surface area (TPSA) is 50.4 Å². The number of hydrogen-bond acceptors (Lipinski definition) is 3. The molecule has 0 bridgehead atoms. The molecule has 0 aliphatic heterocycles. The first-order chi connectivity index (χ1) is 10.1. The van der Waals surface area contributed by atoms with Gasteiger partial charge in [0.15, 0.2) is 0 Å². The third kappa shape index (κ3) is 3.99. The predicted molar refractivity (Wildman–Crippen MR) is 86.0 cm³/mol. The lowest BCUT2D eigenvalue weighted by molar-refractivity contribution is -0.114. The fourth-order valence-corrected chi connectivity index (χ4v) is 2.13. The van der Waals surface area contributed by atoms with Crippen molar-refractivity contribution in [3.8, 4) is 5.75 Å². The first-order valence-electron chi connectivity index (χ1n) is 6.84. The Kier molecular flexibility index (Phi) is 4.82. The maximum Gasteiger partial charge on any atom is 0.243 e. The molecular formula is C17H20N2O2. The Labute approximate surface area is 125 Å². The monoisotopic (exact) mass is 284 g/mol. The Morgan fingerprint density at radius 1 is 1.10 bits per heavy atom. The van der Waals surface area contributed by atoms with Gasteiger partial charge in [0.2, 0.25) is 5.91 Å². The Morgan fingerprint density at radius 2 is 1.86 bits per heavy atom. The lowest BCUT2D eigenvalue weighted by Crippen LogP contribution is -2.22. The molecule has 0 saturated carbocycles. The van der Waals surface area contributed by atoms with Crippen LogP contribution < -0.4 is 15.4 Å². The first kappa shape index (κ1) is 14.9. The molecule has 2 aromatic rings. The molecule has 0 heterocycles. The summed E-state index contributed by atoms with van der Waals surface area (Å²) in [7, 11) is 1.58. The summed E-state index contributed by atoms with van der Waals surface area (Å²) in [5, 5.41) is 5.98. The van der Waals surface area contributed by atoms with Crippen molar-refractivity contribution >= 4 is 17.3 Å². The Balaban J connectivity index is 1.96. The van der Waals surface area contributed by atoms with Crippen molar-refractivity contribution in [3.05, 3.63) is 53.6 Å². The smallest absolute Gasteiger partial charge is 0.243 e. The van der Waals surface area contributed by atoms with Gasteiger partial charge in [-0.1, -0.05) is 29.8 Å². The summed E-state index contributed by atoms with van der Waals surface area (Å²) in [6.45, 7) is 4.28. The van der Waals surface area contributed by atoms with Gasteiger partial charge in [0.05, 0.1) is 19.3 Å². The van der Waals surface area contributed by atoms with E-state index < -0.39 is 0 Å². The van der Waals surface area contributed by atoms with Gasteiger partial charge in [-0.2, -0.15) is 0 Å². The van der Waals surface area contributed by atoms with Crippen LogP contribution in [0.3, 0.4) is 0 Å². The van der Waals surface area contributed by atoms with Gasteiger partial charge in [0.25, 0.3) is 0 Å². The van der Waals surface area contributed by atoms with Gasteiger partial charge in [-0.3, -0.25) is 4.79 Å². The average Bonchev–Trinajstić information content (AvgIpc) is 2.47. The van der Waals surface area contributed by atoms with Gasteiger partial charge in [0, 0.05) is 5.69 Å². The third-order valence-electron chi connectivity index (χ3n) is 3.20. The zero-order chi connectivity index (χ0) is 15.2. The number of carbonyl (C=O) groups is 1. The summed E-state index contributed by atoms with van der Waals surface area (Å²) >= 11 is 0. The molecule has 4 nitrogen and oxygen atoms in total. The molecule has 0 aliphatic rings. The van der Waals surface area contributed by atoms with E-state index in [4.69, 9.17) is 4.74 Å². The van der Waals surface area contributed by atoms with Crippen molar-refractivity contribution in [2.45, 2.75) is 13.8 Å². The second kappa shape index (κ2) is 6.79. The van der Waals surface area contributed by atoms with Crippen LogP contribution in [0.25, 0.3) is 0 Å². The van der Waals surface area contributed by atoms with Gasteiger partial charge in [-0.05, 0) is 37.6 Å². The van der Waals surface area contributed by atoms with E-state index in [0.29, 0.717) is 11.4 Å². The number of methoxy groups -OCH3 is 1. The van der Waals surface area contributed by atoms with E-state index in [2.05, 4.69) is 16.7 Å². The molecule has 0 atom stereocenters. The molecule has 1 amide bonds. The van der Waals surface area contributed by atoms with Crippen LogP contribution >= 0.6 is 0 Å². The zero-order valence-electron chi connectivity index (χ0n) is 12.6. The van der Waals surface area contributed by atoms with E-state index in [-0.39, 0.29) is 12.5 Å². The summed E-state index contributed by atoms with van der Waals surface area (Å²) in [6.07, 6.45) is 0. The lowest BCUT2D eigenvalue weighted by atomic mass is 10.1. The Bertz CT molecular complexity index is 638. The summed E-state index contributed by atoms with van der Waals surface area (Å²) in [6, 6.07) is 13.4. The van der Waals surface area contributed by atoms with E-state index >= 15 is 0 Å². The highest BCUT2D eigenvalue weighted by atomic mass is 16.5. The molecule has 0 aliphatic carbocycles. The highest BCUT2D eigenvalue weighted by molar-refractivity contribution is 5.95. The quantitative estimate of drug-likeness (QED) is 0.885. The van der Waals surface area contributed by atoms with Crippen molar-refractivity contribution in [2.24, 2.45) is 0 Å². The zero-order valence-corrected chi connectivity index (χ0v) is 12.6. The van der Waals surface area contributed by atoms with Crippen LogP contribution in [0.2, 0.25) is 0 Å². The second-order valence-corrected chi connectivity index (χ2v) is 4.92. The molecule has 2 N–H and O–H groups in total. The van der Waals surface area contributed by atoms with Gasteiger partial charge in [0.1, 0.15) is 5.75 Å². The van der Waals surface area contributed by atoms with E-state index in [0.717, 1.165) is 11.3 Å². The number of amides is 1. The molecule has 110 valence electrons. The molecule has 0 aromatic heterocycles. The van der Waals surface area contributed by atoms with Crippen LogP contribution in [-0.2, 0) is 4.79 Å². The fraction of sp³-hybridized carbons (Fsp3) is 0.235. The number of hydrogen-bond donors (Lipinski definition) is 2. The van der Waals surface area contributed by atoms with Crippen LogP contribution in [0.4, 0.5) is 11.4 Å².